The molecule has 21 heavy (non-hydrogen) atoms. The highest BCUT2D eigenvalue weighted by Gasteiger charge is 2.30. The van der Waals surface area contributed by atoms with E-state index in [2.05, 4.69) is 0 Å². The van der Waals surface area contributed by atoms with Crippen LogP contribution < -0.4 is 5.73 Å². The second kappa shape index (κ2) is 6.76. The highest BCUT2D eigenvalue weighted by atomic mass is 35.5. The molecule has 0 aromatic heterocycles. The Kier molecular flexibility index (Phi) is 5.45. The molecular weight excluding hydrogens is 353 g/mol. The molecule has 0 amide bonds. The number of halogens is 2. The number of nitrogens with two attached hydrogens (primary N) is 1. The predicted octanol–water partition coefficient (Wildman–Crippen LogP) is 1.59. The summed E-state index contributed by atoms with van der Waals surface area (Å²) in [5.41, 5.74) is 5.50. The normalized spacial score (nSPS) is 17.8. The SMILES string of the molecule is NC(=S)CN1CCN(S(=O)(=O)c2cc(Cl)ccc2Cl)CC1. The van der Waals surface area contributed by atoms with Crippen molar-refractivity contribution in [2.45, 2.75) is 4.90 Å². The van der Waals surface area contributed by atoms with E-state index in [1.54, 1.807) is 6.07 Å². The molecular formula is C12H15Cl2N3O2S2. The Bertz CT molecular complexity index is 644. The van der Waals surface area contributed by atoms with Gasteiger partial charge in [-0.1, -0.05) is 35.4 Å². The lowest BCUT2D eigenvalue weighted by Gasteiger charge is -2.33. The van der Waals surface area contributed by atoms with E-state index in [-0.39, 0.29) is 9.92 Å². The van der Waals surface area contributed by atoms with Crippen molar-refractivity contribution in [2.75, 3.05) is 32.7 Å². The Balaban J connectivity index is 2.15. The van der Waals surface area contributed by atoms with Crippen molar-refractivity contribution in [1.29, 1.82) is 0 Å². The van der Waals surface area contributed by atoms with Gasteiger partial charge in [0.1, 0.15) is 4.90 Å². The summed E-state index contributed by atoms with van der Waals surface area (Å²) in [6.07, 6.45) is 0. The molecule has 5 nitrogen and oxygen atoms in total. The number of thiocarbonyl (C=S) groups is 1. The van der Waals surface area contributed by atoms with Crippen molar-refractivity contribution in [3.05, 3.63) is 28.2 Å². The molecule has 1 aliphatic rings. The standard InChI is InChI=1S/C12H15Cl2N3O2S2/c13-9-1-2-10(14)11(7-9)21(18,19)17-5-3-16(4-6-17)8-12(15)20/h1-2,7H,3-6,8H2,(H2,15,20). The molecule has 1 heterocycles. The van der Waals surface area contributed by atoms with E-state index in [9.17, 15) is 8.42 Å². The van der Waals surface area contributed by atoms with Gasteiger partial charge in [-0.2, -0.15) is 4.31 Å². The maximum atomic E-state index is 12.6. The number of sulfonamides is 1. The van der Waals surface area contributed by atoms with Gasteiger partial charge in [0.05, 0.1) is 10.0 Å². The Morgan fingerprint density at radius 2 is 1.86 bits per heavy atom. The van der Waals surface area contributed by atoms with Crippen molar-refractivity contribution in [3.8, 4) is 0 Å². The summed E-state index contributed by atoms with van der Waals surface area (Å²) in [6, 6.07) is 4.42. The summed E-state index contributed by atoms with van der Waals surface area (Å²) in [5.74, 6) is 0. The molecule has 0 aliphatic carbocycles. The van der Waals surface area contributed by atoms with Gasteiger partial charge < -0.3 is 5.73 Å². The molecule has 2 N–H and O–H groups in total. The van der Waals surface area contributed by atoms with Crippen molar-refractivity contribution >= 4 is 50.4 Å². The fraction of sp³-hybridized carbons (Fsp3) is 0.417. The average molecular weight is 368 g/mol. The number of nitrogens with zero attached hydrogens (tertiary/aromatic N) is 2. The van der Waals surface area contributed by atoms with Crippen molar-refractivity contribution < 1.29 is 8.42 Å². The number of benzene rings is 1. The zero-order valence-electron chi connectivity index (χ0n) is 11.1. The second-order valence-electron chi connectivity index (χ2n) is 4.72. The van der Waals surface area contributed by atoms with Gasteiger partial charge in [0.15, 0.2) is 0 Å². The van der Waals surface area contributed by atoms with Gasteiger partial charge in [-0.3, -0.25) is 4.90 Å². The highest BCUT2D eigenvalue weighted by Crippen LogP contribution is 2.28. The van der Waals surface area contributed by atoms with E-state index in [4.69, 9.17) is 41.2 Å². The van der Waals surface area contributed by atoms with E-state index in [0.29, 0.717) is 42.7 Å². The fourth-order valence-electron chi connectivity index (χ4n) is 2.16. The Morgan fingerprint density at radius 1 is 1.24 bits per heavy atom. The van der Waals surface area contributed by atoms with Gasteiger partial charge in [0.2, 0.25) is 10.0 Å². The minimum absolute atomic E-state index is 0.0412. The van der Waals surface area contributed by atoms with Gasteiger partial charge in [-0.15, -0.1) is 0 Å². The molecule has 116 valence electrons. The van der Waals surface area contributed by atoms with Crippen LogP contribution in [0.5, 0.6) is 0 Å². The first-order valence-corrected chi connectivity index (χ1v) is 8.87. The summed E-state index contributed by atoms with van der Waals surface area (Å²) in [4.78, 5) is 2.47. The van der Waals surface area contributed by atoms with Crippen LogP contribution in [0.25, 0.3) is 0 Å². The van der Waals surface area contributed by atoms with Gasteiger partial charge in [-0.05, 0) is 18.2 Å². The lowest BCUT2D eigenvalue weighted by atomic mass is 10.3. The van der Waals surface area contributed by atoms with E-state index < -0.39 is 10.0 Å². The summed E-state index contributed by atoms with van der Waals surface area (Å²) < 4.78 is 26.6. The fourth-order valence-corrected chi connectivity index (χ4v) is 4.50. The van der Waals surface area contributed by atoms with Crippen LogP contribution in [0, 0.1) is 0 Å². The summed E-state index contributed by atoms with van der Waals surface area (Å²) in [6.45, 7) is 2.40. The average Bonchev–Trinajstić information content (AvgIpc) is 2.41. The Morgan fingerprint density at radius 3 is 2.43 bits per heavy atom. The lowest BCUT2D eigenvalue weighted by molar-refractivity contribution is 0.209. The first kappa shape index (κ1) is 16.9. The molecule has 1 fully saturated rings. The van der Waals surface area contributed by atoms with E-state index >= 15 is 0 Å². The molecule has 0 spiro atoms. The van der Waals surface area contributed by atoms with Crippen LogP contribution in [-0.2, 0) is 10.0 Å². The molecule has 0 radical (unpaired) electrons. The zero-order chi connectivity index (χ0) is 15.6. The van der Waals surface area contributed by atoms with Gasteiger partial charge >= 0.3 is 0 Å². The molecule has 0 saturated carbocycles. The number of hydrogen-bond acceptors (Lipinski definition) is 4. The van der Waals surface area contributed by atoms with E-state index in [1.165, 1.54) is 16.4 Å². The summed E-state index contributed by atoms with van der Waals surface area (Å²) >= 11 is 16.7. The van der Waals surface area contributed by atoms with Crippen LogP contribution >= 0.6 is 35.4 Å². The van der Waals surface area contributed by atoms with Crippen LogP contribution in [-0.4, -0.2) is 55.3 Å². The van der Waals surface area contributed by atoms with E-state index in [0.717, 1.165) is 0 Å². The highest BCUT2D eigenvalue weighted by molar-refractivity contribution is 7.89. The Labute approximate surface area is 139 Å². The number of rotatable bonds is 4. The quantitative estimate of drug-likeness (QED) is 0.818. The van der Waals surface area contributed by atoms with Crippen molar-refractivity contribution in [1.82, 2.24) is 9.21 Å². The molecule has 1 saturated heterocycles. The van der Waals surface area contributed by atoms with E-state index in [1.807, 2.05) is 4.90 Å². The number of piperazine rings is 1. The van der Waals surface area contributed by atoms with Gasteiger partial charge in [-0.25, -0.2) is 8.42 Å². The number of hydrogen-bond donors (Lipinski definition) is 1. The molecule has 0 unspecified atom stereocenters. The second-order valence-corrected chi connectivity index (χ2v) is 8.00. The van der Waals surface area contributed by atoms with Crippen LogP contribution in [0.1, 0.15) is 0 Å². The lowest BCUT2D eigenvalue weighted by Crippen LogP contribution is -2.50. The van der Waals surface area contributed by atoms with Gasteiger partial charge in [0, 0.05) is 37.7 Å². The Hall–Kier alpha value is -0.440. The molecule has 1 aliphatic heterocycles. The third-order valence-electron chi connectivity index (χ3n) is 3.22. The smallest absolute Gasteiger partial charge is 0.244 e. The van der Waals surface area contributed by atoms with Crippen LogP contribution in [0.4, 0.5) is 0 Å². The van der Waals surface area contributed by atoms with Crippen LogP contribution in [0.3, 0.4) is 0 Å². The third-order valence-corrected chi connectivity index (χ3v) is 5.97. The predicted molar refractivity (Wildman–Crippen MR) is 88.4 cm³/mol. The molecule has 1 aromatic rings. The maximum Gasteiger partial charge on any atom is 0.244 e. The monoisotopic (exact) mass is 367 g/mol. The molecule has 1 aromatic carbocycles. The molecule has 0 atom stereocenters. The largest absolute Gasteiger partial charge is 0.392 e. The topological polar surface area (TPSA) is 66.6 Å². The van der Waals surface area contributed by atoms with Crippen molar-refractivity contribution in [3.63, 3.8) is 0 Å². The van der Waals surface area contributed by atoms with Crippen LogP contribution in [0.2, 0.25) is 10.0 Å². The van der Waals surface area contributed by atoms with Crippen molar-refractivity contribution in [2.24, 2.45) is 5.73 Å². The van der Waals surface area contributed by atoms with Crippen LogP contribution in [0.15, 0.2) is 23.1 Å². The first-order valence-electron chi connectivity index (χ1n) is 6.26. The maximum absolute atomic E-state index is 12.6. The van der Waals surface area contributed by atoms with Gasteiger partial charge in [0.25, 0.3) is 0 Å². The molecule has 9 heteroatoms. The minimum atomic E-state index is -3.64. The summed E-state index contributed by atoms with van der Waals surface area (Å²) in [5, 5.41) is 0.509. The first-order chi connectivity index (χ1) is 9.80. The minimum Gasteiger partial charge on any atom is -0.392 e. The molecule has 2 rings (SSSR count). The zero-order valence-corrected chi connectivity index (χ0v) is 14.3. The third kappa shape index (κ3) is 4.06. The summed E-state index contributed by atoms with van der Waals surface area (Å²) in [7, 11) is -3.64. The molecule has 0 bridgehead atoms.